The fourth-order valence-corrected chi connectivity index (χ4v) is 1.65. The molecule has 0 aromatic carbocycles. The minimum absolute atomic E-state index is 0.370. The Morgan fingerprint density at radius 1 is 1.60 bits per heavy atom. The van der Waals surface area contributed by atoms with Gasteiger partial charge in [-0.25, -0.2) is 0 Å². The van der Waals surface area contributed by atoms with Crippen molar-refractivity contribution in [3.05, 3.63) is 36.1 Å². The number of nitrogens with one attached hydrogen (secondary N) is 2. The molecule has 1 heterocycles. The number of allylic oxidation sites excluding steroid dienone is 1. The average Bonchev–Trinajstić information content (AvgIpc) is 2.40. The number of hydrogen-bond donors (Lipinski definition) is 2. The van der Waals surface area contributed by atoms with Crippen molar-refractivity contribution in [2.24, 2.45) is 0 Å². The van der Waals surface area contributed by atoms with Crippen LogP contribution in [-0.2, 0) is 0 Å². The molecule has 0 spiro atoms. The van der Waals surface area contributed by atoms with E-state index in [0.29, 0.717) is 6.04 Å². The smallest absolute Gasteiger partial charge is 0.0458 e. The molecule has 0 fully saturated rings. The quantitative estimate of drug-likeness (QED) is 0.533. The van der Waals surface area contributed by atoms with Crippen LogP contribution in [0.3, 0.4) is 0 Å². The van der Waals surface area contributed by atoms with Crippen molar-refractivity contribution in [2.45, 2.75) is 32.7 Å². The molecule has 0 aromatic rings. The molecule has 2 nitrogen and oxygen atoms in total. The summed E-state index contributed by atoms with van der Waals surface area (Å²) in [4.78, 5) is 0. The highest BCUT2D eigenvalue weighted by molar-refractivity contribution is 5.20. The summed E-state index contributed by atoms with van der Waals surface area (Å²) in [7, 11) is 0. The molecule has 0 aromatic heterocycles. The van der Waals surface area contributed by atoms with Crippen molar-refractivity contribution >= 4 is 0 Å². The highest BCUT2D eigenvalue weighted by Gasteiger charge is 2.07. The standard InChI is InChI=1S/C13H22N2/c1-4-6-7-14-13-8-11(3)10-15-12(5-2)9-13/h4,8-9,13-15H,1,5-7,10H2,2-3H3. The summed E-state index contributed by atoms with van der Waals surface area (Å²) in [5.74, 6) is 0. The molecule has 1 atom stereocenters. The van der Waals surface area contributed by atoms with Crippen molar-refractivity contribution in [3.63, 3.8) is 0 Å². The predicted octanol–water partition coefficient (Wildman–Crippen LogP) is 2.36. The molecule has 0 radical (unpaired) electrons. The molecule has 2 heteroatoms. The maximum absolute atomic E-state index is 3.72. The molecule has 0 bridgehead atoms. The van der Waals surface area contributed by atoms with Crippen LogP contribution >= 0.6 is 0 Å². The lowest BCUT2D eigenvalue weighted by atomic mass is 10.1. The van der Waals surface area contributed by atoms with Gasteiger partial charge in [-0.05, 0) is 32.4 Å². The largest absolute Gasteiger partial charge is 0.385 e. The predicted molar refractivity (Wildman–Crippen MR) is 66.7 cm³/mol. The van der Waals surface area contributed by atoms with Crippen LogP contribution in [0.4, 0.5) is 0 Å². The summed E-state index contributed by atoms with van der Waals surface area (Å²) in [6, 6.07) is 0.370. The maximum Gasteiger partial charge on any atom is 0.0458 e. The minimum Gasteiger partial charge on any atom is -0.385 e. The molecular weight excluding hydrogens is 184 g/mol. The zero-order chi connectivity index (χ0) is 11.1. The molecule has 15 heavy (non-hydrogen) atoms. The number of hydrogen-bond acceptors (Lipinski definition) is 2. The Hall–Kier alpha value is -1.02. The molecule has 2 N–H and O–H groups in total. The van der Waals surface area contributed by atoms with Crippen molar-refractivity contribution in [1.29, 1.82) is 0 Å². The van der Waals surface area contributed by atoms with Crippen LogP contribution in [0.5, 0.6) is 0 Å². The first-order valence-corrected chi connectivity index (χ1v) is 5.72. The lowest BCUT2D eigenvalue weighted by Gasteiger charge is -2.10. The second kappa shape index (κ2) is 6.46. The lowest BCUT2D eigenvalue weighted by molar-refractivity contribution is 0.673. The van der Waals surface area contributed by atoms with Gasteiger partial charge in [0.25, 0.3) is 0 Å². The first-order chi connectivity index (χ1) is 7.26. The molecule has 1 unspecified atom stereocenters. The van der Waals surface area contributed by atoms with Gasteiger partial charge in [-0.15, -0.1) is 6.58 Å². The highest BCUT2D eigenvalue weighted by Crippen LogP contribution is 2.07. The van der Waals surface area contributed by atoms with Gasteiger partial charge in [-0.1, -0.05) is 24.6 Å². The molecule has 0 saturated carbocycles. The third kappa shape index (κ3) is 4.34. The topological polar surface area (TPSA) is 24.1 Å². The van der Waals surface area contributed by atoms with E-state index in [9.17, 15) is 0 Å². The third-order valence-corrected chi connectivity index (χ3v) is 2.55. The average molecular weight is 206 g/mol. The zero-order valence-electron chi connectivity index (χ0n) is 9.84. The molecule has 84 valence electrons. The summed E-state index contributed by atoms with van der Waals surface area (Å²) in [6.07, 6.45) is 8.61. The molecule has 0 aliphatic carbocycles. The Morgan fingerprint density at radius 2 is 2.40 bits per heavy atom. The van der Waals surface area contributed by atoms with Gasteiger partial charge in [0.15, 0.2) is 0 Å². The molecule has 1 aliphatic rings. The Bertz CT molecular complexity index is 264. The van der Waals surface area contributed by atoms with E-state index in [-0.39, 0.29) is 0 Å². The van der Waals surface area contributed by atoms with Crippen LogP contribution in [0.15, 0.2) is 36.1 Å². The van der Waals surface area contributed by atoms with Gasteiger partial charge in [-0.2, -0.15) is 0 Å². The second-order valence-corrected chi connectivity index (χ2v) is 3.97. The van der Waals surface area contributed by atoms with Crippen LogP contribution in [0.1, 0.15) is 26.7 Å². The van der Waals surface area contributed by atoms with Gasteiger partial charge >= 0.3 is 0 Å². The highest BCUT2D eigenvalue weighted by atomic mass is 14.9. The first kappa shape index (κ1) is 12.1. The summed E-state index contributed by atoms with van der Waals surface area (Å²) in [6.45, 7) is 10.0. The fourth-order valence-electron chi connectivity index (χ4n) is 1.65. The molecule has 0 amide bonds. The van der Waals surface area contributed by atoms with Crippen LogP contribution in [0.25, 0.3) is 0 Å². The molecular formula is C13H22N2. The molecule has 1 rings (SSSR count). The van der Waals surface area contributed by atoms with Crippen molar-refractivity contribution in [1.82, 2.24) is 10.6 Å². The van der Waals surface area contributed by atoms with Crippen LogP contribution < -0.4 is 10.6 Å². The van der Waals surface area contributed by atoms with E-state index >= 15 is 0 Å². The van der Waals surface area contributed by atoms with E-state index in [2.05, 4.69) is 43.2 Å². The maximum atomic E-state index is 3.72. The van der Waals surface area contributed by atoms with Crippen molar-refractivity contribution in [3.8, 4) is 0 Å². The van der Waals surface area contributed by atoms with Crippen molar-refractivity contribution in [2.75, 3.05) is 13.1 Å². The van der Waals surface area contributed by atoms with Crippen molar-refractivity contribution < 1.29 is 0 Å². The van der Waals surface area contributed by atoms with Crippen LogP contribution in [0.2, 0.25) is 0 Å². The summed E-state index contributed by atoms with van der Waals surface area (Å²) < 4.78 is 0. The Kier molecular flexibility index (Phi) is 5.19. The molecule has 0 saturated heterocycles. The van der Waals surface area contributed by atoms with E-state index in [1.165, 1.54) is 11.3 Å². The summed E-state index contributed by atoms with van der Waals surface area (Å²) in [5.41, 5.74) is 2.73. The summed E-state index contributed by atoms with van der Waals surface area (Å²) in [5, 5.41) is 6.93. The minimum atomic E-state index is 0.370. The third-order valence-electron chi connectivity index (χ3n) is 2.55. The number of rotatable bonds is 5. The fraction of sp³-hybridized carbons (Fsp3) is 0.538. The first-order valence-electron chi connectivity index (χ1n) is 5.72. The summed E-state index contributed by atoms with van der Waals surface area (Å²) >= 11 is 0. The van der Waals surface area contributed by atoms with Gasteiger partial charge in [-0.3, -0.25) is 0 Å². The Labute approximate surface area is 93.1 Å². The van der Waals surface area contributed by atoms with Gasteiger partial charge < -0.3 is 10.6 Å². The second-order valence-electron chi connectivity index (χ2n) is 3.97. The van der Waals surface area contributed by atoms with Crippen LogP contribution in [-0.4, -0.2) is 19.1 Å². The van der Waals surface area contributed by atoms with E-state index < -0.39 is 0 Å². The van der Waals surface area contributed by atoms with Gasteiger partial charge in [0, 0.05) is 18.3 Å². The van der Waals surface area contributed by atoms with Gasteiger partial charge in [0.05, 0.1) is 0 Å². The van der Waals surface area contributed by atoms with Gasteiger partial charge in [0.1, 0.15) is 0 Å². The zero-order valence-corrected chi connectivity index (χ0v) is 9.84. The Balaban J connectivity index is 2.55. The monoisotopic (exact) mass is 206 g/mol. The SMILES string of the molecule is C=CCCNC1C=C(C)CNC(CC)=C1. The Morgan fingerprint density at radius 3 is 3.07 bits per heavy atom. The van der Waals surface area contributed by atoms with E-state index in [0.717, 1.165) is 25.9 Å². The van der Waals surface area contributed by atoms with E-state index in [4.69, 9.17) is 0 Å². The normalized spacial score (nSPS) is 21.1. The van der Waals surface area contributed by atoms with Crippen LogP contribution in [0, 0.1) is 0 Å². The van der Waals surface area contributed by atoms with E-state index in [1.54, 1.807) is 0 Å². The van der Waals surface area contributed by atoms with E-state index in [1.807, 2.05) is 6.08 Å². The van der Waals surface area contributed by atoms with Gasteiger partial charge in [0.2, 0.25) is 0 Å². The molecule has 1 aliphatic heterocycles. The lowest BCUT2D eigenvalue weighted by Crippen LogP contribution is -2.26.